The van der Waals surface area contributed by atoms with E-state index in [9.17, 15) is 13.6 Å². The first-order valence-electron chi connectivity index (χ1n) is 7.10. The SMILES string of the molecule is C[C@H](NC(=O)CSc1ncnc2ccsc12)c1ccc(F)cc1F. The zero-order valence-electron chi connectivity index (χ0n) is 12.6. The van der Waals surface area contributed by atoms with E-state index in [0.717, 1.165) is 21.3 Å². The van der Waals surface area contributed by atoms with Crippen molar-refractivity contribution < 1.29 is 13.6 Å². The topological polar surface area (TPSA) is 54.9 Å². The van der Waals surface area contributed by atoms with Gasteiger partial charge < -0.3 is 5.32 Å². The zero-order valence-corrected chi connectivity index (χ0v) is 14.3. The van der Waals surface area contributed by atoms with E-state index < -0.39 is 17.7 Å². The molecule has 8 heteroatoms. The van der Waals surface area contributed by atoms with E-state index in [-0.39, 0.29) is 17.2 Å². The van der Waals surface area contributed by atoms with Crippen LogP contribution in [0.2, 0.25) is 0 Å². The molecular weight excluding hydrogens is 352 g/mol. The molecule has 0 unspecified atom stereocenters. The number of hydrogen-bond acceptors (Lipinski definition) is 5. The molecule has 2 heterocycles. The average molecular weight is 365 g/mol. The number of nitrogens with zero attached hydrogens (tertiary/aromatic N) is 2. The predicted molar refractivity (Wildman–Crippen MR) is 91.1 cm³/mol. The number of nitrogens with one attached hydrogen (secondary N) is 1. The smallest absolute Gasteiger partial charge is 0.230 e. The predicted octanol–water partition coefficient (Wildman–Crippen LogP) is 3.94. The van der Waals surface area contributed by atoms with Gasteiger partial charge in [-0.1, -0.05) is 17.8 Å². The van der Waals surface area contributed by atoms with Crippen LogP contribution in [0.1, 0.15) is 18.5 Å². The highest BCUT2D eigenvalue weighted by atomic mass is 32.2. The number of thioether (sulfide) groups is 1. The van der Waals surface area contributed by atoms with Gasteiger partial charge in [-0.05, 0) is 24.4 Å². The number of carbonyl (C=O) groups excluding carboxylic acids is 1. The van der Waals surface area contributed by atoms with E-state index in [1.54, 1.807) is 6.92 Å². The monoisotopic (exact) mass is 365 g/mol. The van der Waals surface area contributed by atoms with Gasteiger partial charge in [-0.3, -0.25) is 4.79 Å². The average Bonchev–Trinajstić information content (AvgIpc) is 3.01. The van der Waals surface area contributed by atoms with Gasteiger partial charge in [0.2, 0.25) is 5.91 Å². The Morgan fingerprint density at radius 2 is 2.17 bits per heavy atom. The molecule has 3 rings (SSSR count). The number of halogens is 2. The maximum absolute atomic E-state index is 13.7. The molecule has 0 saturated carbocycles. The van der Waals surface area contributed by atoms with Crippen LogP contribution in [0.15, 0.2) is 41.0 Å². The molecule has 0 radical (unpaired) electrons. The maximum Gasteiger partial charge on any atom is 0.230 e. The lowest BCUT2D eigenvalue weighted by molar-refractivity contribution is -0.119. The summed E-state index contributed by atoms with van der Waals surface area (Å²) in [5.74, 6) is -1.42. The van der Waals surface area contributed by atoms with E-state index in [1.165, 1.54) is 41.6 Å². The Morgan fingerprint density at radius 3 is 2.96 bits per heavy atom. The van der Waals surface area contributed by atoms with E-state index in [0.29, 0.717) is 0 Å². The second-order valence-electron chi connectivity index (χ2n) is 5.06. The number of fused-ring (bicyclic) bond motifs is 1. The molecule has 0 aliphatic carbocycles. The summed E-state index contributed by atoms with van der Waals surface area (Å²) in [5, 5.41) is 5.37. The third-order valence-electron chi connectivity index (χ3n) is 3.36. The van der Waals surface area contributed by atoms with E-state index >= 15 is 0 Å². The first-order chi connectivity index (χ1) is 11.5. The molecule has 1 atom stereocenters. The van der Waals surface area contributed by atoms with E-state index in [2.05, 4.69) is 15.3 Å². The second-order valence-corrected chi connectivity index (χ2v) is 6.94. The fourth-order valence-corrected chi connectivity index (χ4v) is 3.97. The molecule has 0 fully saturated rings. The van der Waals surface area contributed by atoms with Crippen LogP contribution in [-0.4, -0.2) is 21.6 Å². The molecule has 1 N–H and O–H groups in total. The molecule has 0 spiro atoms. The fraction of sp³-hybridized carbons (Fsp3) is 0.188. The number of carbonyl (C=O) groups is 1. The largest absolute Gasteiger partial charge is 0.349 e. The third kappa shape index (κ3) is 3.70. The Morgan fingerprint density at radius 1 is 1.33 bits per heavy atom. The molecular formula is C16H13F2N3OS2. The Balaban J connectivity index is 1.62. The van der Waals surface area contributed by atoms with Gasteiger partial charge in [-0.25, -0.2) is 18.7 Å². The van der Waals surface area contributed by atoms with Crippen LogP contribution in [0.4, 0.5) is 8.78 Å². The van der Waals surface area contributed by atoms with Crippen molar-refractivity contribution in [3.05, 3.63) is 53.2 Å². The summed E-state index contributed by atoms with van der Waals surface area (Å²) in [6, 6.07) is 4.66. The molecule has 0 aliphatic rings. The van der Waals surface area contributed by atoms with Gasteiger partial charge in [0.1, 0.15) is 23.0 Å². The van der Waals surface area contributed by atoms with Crippen molar-refractivity contribution >= 4 is 39.2 Å². The van der Waals surface area contributed by atoms with Crippen molar-refractivity contribution in [1.82, 2.24) is 15.3 Å². The van der Waals surface area contributed by atoms with Crippen molar-refractivity contribution in [2.75, 3.05) is 5.75 Å². The van der Waals surface area contributed by atoms with Crippen LogP contribution in [0.25, 0.3) is 10.2 Å². The molecule has 1 aromatic carbocycles. The summed E-state index contributed by atoms with van der Waals surface area (Å²) >= 11 is 2.82. The van der Waals surface area contributed by atoms with E-state index in [4.69, 9.17) is 0 Å². The Labute approximate surface area is 145 Å². The van der Waals surface area contributed by atoms with E-state index in [1.807, 2.05) is 11.4 Å². The number of thiophene rings is 1. The molecule has 0 saturated heterocycles. The lowest BCUT2D eigenvalue weighted by Gasteiger charge is -2.15. The lowest BCUT2D eigenvalue weighted by atomic mass is 10.1. The van der Waals surface area contributed by atoms with Crippen molar-refractivity contribution in [2.24, 2.45) is 0 Å². The van der Waals surface area contributed by atoms with Gasteiger partial charge in [0.25, 0.3) is 0 Å². The molecule has 0 aliphatic heterocycles. The quantitative estimate of drug-likeness (QED) is 0.550. The van der Waals surface area contributed by atoms with Crippen molar-refractivity contribution in [1.29, 1.82) is 0 Å². The number of hydrogen-bond donors (Lipinski definition) is 1. The number of aromatic nitrogens is 2. The van der Waals surface area contributed by atoms with Gasteiger partial charge in [-0.15, -0.1) is 11.3 Å². The molecule has 1 amide bonds. The summed E-state index contributed by atoms with van der Waals surface area (Å²) in [6.45, 7) is 1.65. The van der Waals surface area contributed by atoms with Gasteiger partial charge in [0.15, 0.2) is 0 Å². The number of rotatable bonds is 5. The van der Waals surface area contributed by atoms with Crippen LogP contribution in [0, 0.1) is 11.6 Å². The molecule has 124 valence electrons. The summed E-state index contributed by atoms with van der Waals surface area (Å²) in [5.41, 5.74) is 1.09. The number of amides is 1. The van der Waals surface area contributed by atoms with Crippen molar-refractivity contribution in [2.45, 2.75) is 18.0 Å². The lowest BCUT2D eigenvalue weighted by Crippen LogP contribution is -2.28. The van der Waals surface area contributed by atoms with Gasteiger partial charge >= 0.3 is 0 Å². The maximum atomic E-state index is 13.7. The normalized spacial score (nSPS) is 12.3. The highest BCUT2D eigenvalue weighted by molar-refractivity contribution is 8.00. The van der Waals surface area contributed by atoms with Crippen molar-refractivity contribution in [3.63, 3.8) is 0 Å². The summed E-state index contributed by atoms with van der Waals surface area (Å²) in [6.07, 6.45) is 1.46. The minimum Gasteiger partial charge on any atom is -0.349 e. The highest BCUT2D eigenvalue weighted by Crippen LogP contribution is 2.28. The Kier molecular flexibility index (Phi) is 5.06. The molecule has 0 bridgehead atoms. The zero-order chi connectivity index (χ0) is 17.1. The van der Waals surface area contributed by atoms with Crippen molar-refractivity contribution in [3.8, 4) is 0 Å². The molecule has 4 nitrogen and oxygen atoms in total. The Hall–Kier alpha value is -2.06. The summed E-state index contributed by atoms with van der Waals surface area (Å²) in [4.78, 5) is 20.4. The minimum atomic E-state index is -0.674. The summed E-state index contributed by atoms with van der Waals surface area (Å²) < 4.78 is 27.6. The van der Waals surface area contributed by atoms with Gasteiger partial charge in [-0.2, -0.15) is 0 Å². The first kappa shape index (κ1) is 16.8. The second kappa shape index (κ2) is 7.23. The van der Waals surface area contributed by atoms with Crippen LogP contribution in [0.5, 0.6) is 0 Å². The van der Waals surface area contributed by atoms with Gasteiger partial charge in [0.05, 0.1) is 22.0 Å². The molecule has 3 aromatic rings. The first-order valence-corrected chi connectivity index (χ1v) is 8.96. The highest BCUT2D eigenvalue weighted by Gasteiger charge is 2.15. The molecule has 2 aromatic heterocycles. The minimum absolute atomic E-state index is 0.150. The van der Waals surface area contributed by atoms with Crippen LogP contribution >= 0.6 is 23.1 Å². The third-order valence-corrected chi connectivity index (χ3v) is 5.39. The Bertz CT molecular complexity index is 885. The standard InChI is InChI=1S/C16H13F2N3OS2/c1-9(11-3-2-10(17)6-12(11)18)21-14(22)7-24-16-15-13(4-5-23-15)19-8-20-16/h2-6,8-9H,7H2,1H3,(H,21,22)/t9-/m0/s1. The summed E-state index contributed by atoms with van der Waals surface area (Å²) in [7, 11) is 0. The number of benzene rings is 1. The van der Waals surface area contributed by atoms with Gasteiger partial charge in [0, 0.05) is 11.6 Å². The van der Waals surface area contributed by atoms with Crippen LogP contribution in [-0.2, 0) is 4.79 Å². The fourth-order valence-electron chi connectivity index (χ4n) is 2.22. The molecule has 24 heavy (non-hydrogen) atoms. The van der Waals surface area contributed by atoms with Crippen LogP contribution in [0.3, 0.4) is 0 Å². The van der Waals surface area contributed by atoms with Crippen LogP contribution < -0.4 is 5.32 Å².